The Labute approximate surface area is 80.6 Å². The van der Waals surface area contributed by atoms with Crippen molar-refractivity contribution < 1.29 is 0 Å². The van der Waals surface area contributed by atoms with E-state index in [1.165, 1.54) is 11.3 Å². The van der Waals surface area contributed by atoms with Crippen molar-refractivity contribution in [3.8, 4) is 0 Å². The molecule has 0 spiro atoms. The first-order valence-corrected chi connectivity index (χ1v) is 4.83. The summed E-state index contributed by atoms with van der Waals surface area (Å²) in [5.74, 6) is 0.630. The predicted molar refractivity (Wildman–Crippen MR) is 53.1 cm³/mol. The predicted octanol–water partition coefficient (Wildman–Crippen LogP) is 3.28. The highest BCUT2D eigenvalue weighted by molar-refractivity contribution is 9.10. The second kappa shape index (κ2) is 3.02. The Hall–Kier alpha value is -0.630. The van der Waals surface area contributed by atoms with Crippen LogP contribution in [0.5, 0.6) is 0 Å². The molecule has 0 unspecified atom stereocenters. The van der Waals surface area contributed by atoms with Crippen LogP contribution in [0.3, 0.4) is 0 Å². The van der Waals surface area contributed by atoms with Gasteiger partial charge in [-0.25, -0.2) is 0 Å². The minimum Gasteiger partial charge on any atom is -0.260 e. The molecule has 2 rings (SSSR count). The first-order valence-electron chi connectivity index (χ1n) is 4.04. The third kappa shape index (κ3) is 1.44. The van der Waals surface area contributed by atoms with Crippen LogP contribution in [0.15, 0.2) is 35.0 Å². The van der Waals surface area contributed by atoms with E-state index in [0.717, 1.165) is 17.3 Å². The van der Waals surface area contributed by atoms with Crippen molar-refractivity contribution in [2.75, 3.05) is 0 Å². The fourth-order valence-corrected chi connectivity index (χ4v) is 1.71. The monoisotopic (exact) mass is 223 g/mol. The molecule has 1 nitrogen and oxygen atoms in total. The largest absolute Gasteiger partial charge is 0.260 e. The summed E-state index contributed by atoms with van der Waals surface area (Å²) in [6.45, 7) is 3.92. The quantitative estimate of drug-likeness (QED) is 0.667. The Bertz CT molecular complexity index is 294. The van der Waals surface area contributed by atoms with Crippen LogP contribution in [-0.2, 0) is 0 Å². The number of pyridine rings is 1. The summed E-state index contributed by atoms with van der Waals surface area (Å²) in [5.41, 5.74) is 2.55. The molecule has 0 N–H and O–H groups in total. The number of allylic oxidation sites excluding steroid dienone is 1. The first-order chi connectivity index (χ1) is 5.75. The fourth-order valence-electron chi connectivity index (χ4n) is 1.48. The summed E-state index contributed by atoms with van der Waals surface area (Å²) in [6.07, 6.45) is 4.10. The molecule has 0 aliphatic heterocycles. The molecule has 0 saturated heterocycles. The van der Waals surface area contributed by atoms with Crippen LogP contribution in [0.4, 0.5) is 0 Å². The van der Waals surface area contributed by atoms with Gasteiger partial charge >= 0.3 is 0 Å². The lowest BCUT2D eigenvalue weighted by Crippen LogP contribution is -2.12. The second-order valence-electron chi connectivity index (χ2n) is 3.26. The van der Waals surface area contributed by atoms with Gasteiger partial charge in [0.15, 0.2) is 0 Å². The molecular formula is C10H10BrN. The van der Waals surface area contributed by atoms with Crippen LogP contribution in [-0.4, -0.2) is 4.98 Å². The van der Waals surface area contributed by atoms with Gasteiger partial charge in [0.2, 0.25) is 0 Å². The van der Waals surface area contributed by atoms with Crippen LogP contribution >= 0.6 is 15.9 Å². The molecule has 1 heterocycles. The molecule has 0 amide bonds. The minimum absolute atomic E-state index is 0.630. The third-order valence-electron chi connectivity index (χ3n) is 2.24. The van der Waals surface area contributed by atoms with E-state index in [9.17, 15) is 0 Å². The van der Waals surface area contributed by atoms with Gasteiger partial charge in [-0.2, -0.15) is 0 Å². The molecule has 0 bridgehead atoms. The Morgan fingerprint density at radius 3 is 2.67 bits per heavy atom. The van der Waals surface area contributed by atoms with Crippen molar-refractivity contribution in [2.45, 2.75) is 18.8 Å². The molecular weight excluding hydrogens is 214 g/mol. The van der Waals surface area contributed by atoms with E-state index in [4.69, 9.17) is 0 Å². The van der Waals surface area contributed by atoms with Gasteiger partial charge in [0.1, 0.15) is 0 Å². The molecule has 0 radical (unpaired) electrons. The van der Waals surface area contributed by atoms with Crippen molar-refractivity contribution in [1.29, 1.82) is 0 Å². The van der Waals surface area contributed by atoms with Crippen molar-refractivity contribution in [2.24, 2.45) is 0 Å². The van der Waals surface area contributed by atoms with Gasteiger partial charge in [0.05, 0.1) is 0 Å². The van der Waals surface area contributed by atoms with Gasteiger partial charge in [-0.3, -0.25) is 4.98 Å². The standard InChI is InChI=1S/C10H10BrN/c1-7-4-8(5-7)10-3-2-9(11)6-12-10/h2-3,6,8H,1,4-5H2. The van der Waals surface area contributed by atoms with Crippen molar-refractivity contribution in [3.63, 3.8) is 0 Å². The number of halogens is 1. The Morgan fingerprint density at radius 1 is 1.42 bits per heavy atom. The van der Waals surface area contributed by atoms with Crippen LogP contribution in [0.1, 0.15) is 24.5 Å². The van der Waals surface area contributed by atoms with E-state index in [-0.39, 0.29) is 0 Å². The van der Waals surface area contributed by atoms with Crippen LogP contribution in [0.25, 0.3) is 0 Å². The van der Waals surface area contributed by atoms with Gasteiger partial charge in [-0.15, -0.1) is 0 Å². The van der Waals surface area contributed by atoms with E-state index in [1.807, 2.05) is 12.3 Å². The van der Waals surface area contributed by atoms with Crippen molar-refractivity contribution in [1.82, 2.24) is 4.98 Å². The molecule has 2 heteroatoms. The number of nitrogens with zero attached hydrogens (tertiary/aromatic N) is 1. The van der Waals surface area contributed by atoms with Crippen LogP contribution < -0.4 is 0 Å². The summed E-state index contributed by atoms with van der Waals surface area (Å²) < 4.78 is 1.05. The smallest absolute Gasteiger partial charge is 0.0441 e. The Morgan fingerprint density at radius 2 is 2.17 bits per heavy atom. The summed E-state index contributed by atoms with van der Waals surface area (Å²) in [5, 5.41) is 0. The maximum atomic E-state index is 4.35. The highest BCUT2D eigenvalue weighted by Crippen LogP contribution is 2.38. The minimum atomic E-state index is 0.630. The molecule has 1 aliphatic rings. The summed E-state index contributed by atoms with van der Waals surface area (Å²) in [6, 6.07) is 4.13. The zero-order valence-corrected chi connectivity index (χ0v) is 8.34. The number of hydrogen-bond acceptors (Lipinski definition) is 1. The van der Waals surface area contributed by atoms with E-state index in [0.29, 0.717) is 5.92 Å². The Kier molecular flexibility index (Phi) is 2.01. The van der Waals surface area contributed by atoms with Crippen LogP contribution in [0.2, 0.25) is 0 Å². The third-order valence-corrected chi connectivity index (χ3v) is 2.71. The lowest BCUT2D eigenvalue weighted by atomic mass is 9.79. The maximum absolute atomic E-state index is 4.35. The zero-order valence-electron chi connectivity index (χ0n) is 6.76. The van der Waals surface area contributed by atoms with Crippen molar-refractivity contribution in [3.05, 3.63) is 40.6 Å². The van der Waals surface area contributed by atoms with Gasteiger partial charge in [-0.05, 0) is 40.9 Å². The summed E-state index contributed by atoms with van der Waals surface area (Å²) in [4.78, 5) is 4.35. The summed E-state index contributed by atoms with van der Waals surface area (Å²) >= 11 is 3.37. The van der Waals surface area contributed by atoms with Crippen LogP contribution in [0, 0.1) is 0 Å². The summed E-state index contributed by atoms with van der Waals surface area (Å²) in [7, 11) is 0. The SMILES string of the molecule is C=C1CC(c2ccc(Br)cn2)C1. The fraction of sp³-hybridized carbons (Fsp3) is 0.300. The topological polar surface area (TPSA) is 12.9 Å². The molecule has 1 fully saturated rings. The molecule has 0 atom stereocenters. The lowest BCUT2D eigenvalue weighted by molar-refractivity contribution is 0.538. The van der Waals surface area contributed by atoms with Gasteiger partial charge < -0.3 is 0 Å². The maximum Gasteiger partial charge on any atom is 0.0441 e. The van der Waals surface area contributed by atoms with E-state index in [2.05, 4.69) is 33.6 Å². The lowest BCUT2D eigenvalue weighted by Gasteiger charge is -2.27. The normalized spacial score (nSPS) is 17.6. The average Bonchev–Trinajstić information content (AvgIpc) is 2.01. The average molecular weight is 224 g/mol. The Balaban J connectivity index is 2.14. The molecule has 1 saturated carbocycles. The highest BCUT2D eigenvalue weighted by Gasteiger charge is 2.23. The van der Waals surface area contributed by atoms with E-state index >= 15 is 0 Å². The number of hydrogen-bond donors (Lipinski definition) is 0. The highest BCUT2D eigenvalue weighted by atomic mass is 79.9. The molecule has 0 aromatic carbocycles. The second-order valence-corrected chi connectivity index (χ2v) is 4.17. The van der Waals surface area contributed by atoms with E-state index < -0.39 is 0 Å². The van der Waals surface area contributed by atoms with E-state index in [1.54, 1.807) is 0 Å². The number of aromatic nitrogens is 1. The van der Waals surface area contributed by atoms with Gasteiger partial charge in [0.25, 0.3) is 0 Å². The van der Waals surface area contributed by atoms with Crippen molar-refractivity contribution >= 4 is 15.9 Å². The molecule has 1 aromatic heterocycles. The molecule has 1 aliphatic carbocycles. The first kappa shape index (κ1) is 7.99. The molecule has 1 aromatic rings. The zero-order chi connectivity index (χ0) is 8.55. The molecule has 62 valence electrons. The molecule has 12 heavy (non-hydrogen) atoms. The van der Waals surface area contributed by atoms with Gasteiger partial charge in [0, 0.05) is 22.3 Å². The van der Waals surface area contributed by atoms with Gasteiger partial charge in [-0.1, -0.05) is 12.2 Å². The number of rotatable bonds is 1.